The van der Waals surface area contributed by atoms with Crippen LogP contribution in [0.1, 0.15) is 70.0 Å². The third kappa shape index (κ3) is 1.83. The van der Waals surface area contributed by atoms with Crippen LogP contribution in [-0.4, -0.2) is 21.9 Å². The Morgan fingerprint density at radius 1 is 1.00 bits per heavy atom. The summed E-state index contributed by atoms with van der Waals surface area (Å²) in [6, 6.07) is 4.34. The molecule has 2 bridgehead atoms. The van der Waals surface area contributed by atoms with Gasteiger partial charge in [-0.1, -0.05) is 20.8 Å². The number of rotatable bonds is 2. The third-order valence-corrected chi connectivity index (χ3v) is 7.46. The number of nitrogens with zero attached hydrogens (tertiary/aromatic N) is 2. The molecule has 4 heteroatoms. The molecule has 4 rings (SSSR count). The largest absolute Gasteiger partial charge is 0.353 e. The van der Waals surface area contributed by atoms with Crippen molar-refractivity contribution < 1.29 is 4.79 Å². The van der Waals surface area contributed by atoms with Crippen molar-refractivity contribution in [3.05, 3.63) is 34.6 Å². The van der Waals surface area contributed by atoms with Crippen molar-refractivity contribution in [2.75, 3.05) is 0 Å². The number of aryl methyl sites for hydroxylation is 2. The zero-order valence-corrected chi connectivity index (χ0v) is 16.9. The average Bonchev–Trinajstić information content (AvgIpc) is 2.83. The monoisotopic (exact) mass is 351 g/mol. The van der Waals surface area contributed by atoms with Crippen LogP contribution in [-0.2, 0) is 15.6 Å². The standard InChI is InChI=1S/C22H29N3O/c1-12(2)23-19(26)22-9-8-21(7,20(22,5)6)17-18(22)25-16-11-14(4)13(3)10-15(16)24-17/h10-12H,8-9H2,1-7H3,(H,23,26)/t21-,22+/m1/s1. The van der Waals surface area contributed by atoms with Gasteiger partial charge in [-0.2, -0.15) is 0 Å². The topological polar surface area (TPSA) is 54.9 Å². The second-order valence-corrected chi connectivity index (χ2v) is 9.34. The number of benzene rings is 1. The predicted octanol–water partition coefficient (Wildman–Crippen LogP) is 4.10. The maximum Gasteiger partial charge on any atom is 0.233 e. The zero-order valence-electron chi connectivity index (χ0n) is 16.9. The highest BCUT2D eigenvalue weighted by molar-refractivity contribution is 5.93. The molecule has 0 unspecified atom stereocenters. The second-order valence-electron chi connectivity index (χ2n) is 9.34. The van der Waals surface area contributed by atoms with Gasteiger partial charge in [0.1, 0.15) is 0 Å². The molecule has 2 aromatic rings. The highest BCUT2D eigenvalue weighted by atomic mass is 16.2. The summed E-state index contributed by atoms with van der Waals surface area (Å²) in [6.45, 7) is 15.0. The minimum Gasteiger partial charge on any atom is -0.353 e. The van der Waals surface area contributed by atoms with Gasteiger partial charge < -0.3 is 5.32 Å². The first kappa shape index (κ1) is 17.4. The predicted molar refractivity (Wildman–Crippen MR) is 104 cm³/mol. The molecule has 0 saturated heterocycles. The normalized spacial score (nSPS) is 28.6. The van der Waals surface area contributed by atoms with Crippen LogP contribution >= 0.6 is 0 Å². The smallest absolute Gasteiger partial charge is 0.233 e. The lowest BCUT2D eigenvalue weighted by Gasteiger charge is -2.39. The molecule has 2 aliphatic carbocycles. The molecule has 1 N–H and O–H groups in total. The molecule has 4 nitrogen and oxygen atoms in total. The molecular formula is C22H29N3O. The molecule has 0 aliphatic heterocycles. The maximum atomic E-state index is 13.4. The van der Waals surface area contributed by atoms with E-state index < -0.39 is 5.41 Å². The molecule has 1 aromatic heterocycles. The van der Waals surface area contributed by atoms with E-state index in [4.69, 9.17) is 9.97 Å². The Kier molecular flexibility index (Phi) is 3.39. The molecule has 0 radical (unpaired) electrons. The highest BCUT2D eigenvalue weighted by Gasteiger charge is 2.73. The van der Waals surface area contributed by atoms with Crippen molar-refractivity contribution in [3.8, 4) is 0 Å². The van der Waals surface area contributed by atoms with Gasteiger partial charge in [-0.15, -0.1) is 0 Å². The fraction of sp³-hybridized carbons (Fsp3) is 0.591. The molecule has 2 atom stereocenters. The number of amides is 1. The summed E-state index contributed by atoms with van der Waals surface area (Å²) in [5.74, 6) is 0.109. The summed E-state index contributed by atoms with van der Waals surface area (Å²) in [7, 11) is 0. The van der Waals surface area contributed by atoms with Gasteiger partial charge in [0.15, 0.2) is 0 Å². The number of hydrogen-bond acceptors (Lipinski definition) is 3. The van der Waals surface area contributed by atoms with E-state index >= 15 is 0 Å². The van der Waals surface area contributed by atoms with Gasteiger partial charge in [-0.25, -0.2) is 9.97 Å². The van der Waals surface area contributed by atoms with Crippen LogP contribution in [0.4, 0.5) is 0 Å². The number of carbonyl (C=O) groups is 1. The molecule has 1 amide bonds. The van der Waals surface area contributed by atoms with E-state index in [1.807, 2.05) is 13.8 Å². The van der Waals surface area contributed by atoms with Gasteiger partial charge in [-0.05, 0) is 69.2 Å². The summed E-state index contributed by atoms with van der Waals surface area (Å²) < 4.78 is 0. The van der Waals surface area contributed by atoms with Crippen molar-refractivity contribution in [2.45, 2.75) is 78.2 Å². The second kappa shape index (κ2) is 5.05. The van der Waals surface area contributed by atoms with Gasteiger partial charge in [0, 0.05) is 11.5 Å². The molecule has 0 spiro atoms. The van der Waals surface area contributed by atoms with Crippen molar-refractivity contribution >= 4 is 16.9 Å². The third-order valence-electron chi connectivity index (χ3n) is 7.46. The summed E-state index contributed by atoms with van der Waals surface area (Å²) in [5.41, 5.74) is 5.27. The van der Waals surface area contributed by atoms with Gasteiger partial charge in [0.25, 0.3) is 0 Å². The number of hydrogen-bond donors (Lipinski definition) is 1. The van der Waals surface area contributed by atoms with Crippen LogP contribution in [0, 0.1) is 19.3 Å². The fourth-order valence-corrected chi connectivity index (χ4v) is 5.25. The van der Waals surface area contributed by atoms with Crippen LogP contribution in [0.2, 0.25) is 0 Å². The molecule has 2 aliphatic rings. The number of aromatic nitrogens is 2. The lowest BCUT2D eigenvalue weighted by Crippen LogP contribution is -2.52. The molecule has 1 saturated carbocycles. The van der Waals surface area contributed by atoms with Crippen molar-refractivity contribution in [3.63, 3.8) is 0 Å². The lowest BCUT2D eigenvalue weighted by molar-refractivity contribution is -0.131. The van der Waals surface area contributed by atoms with E-state index in [2.05, 4.69) is 52.1 Å². The van der Waals surface area contributed by atoms with Crippen molar-refractivity contribution in [2.24, 2.45) is 5.41 Å². The van der Waals surface area contributed by atoms with Crippen molar-refractivity contribution in [1.82, 2.24) is 15.3 Å². The minimum atomic E-state index is -0.596. The Labute approximate surface area is 155 Å². The molecular weight excluding hydrogens is 322 g/mol. The molecule has 26 heavy (non-hydrogen) atoms. The molecule has 1 heterocycles. The first-order valence-corrected chi connectivity index (χ1v) is 9.65. The van der Waals surface area contributed by atoms with Gasteiger partial charge in [0.05, 0.1) is 27.8 Å². The van der Waals surface area contributed by atoms with Crippen molar-refractivity contribution in [1.29, 1.82) is 0 Å². The minimum absolute atomic E-state index is 0.109. The van der Waals surface area contributed by atoms with Crippen LogP contribution < -0.4 is 5.32 Å². The molecule has 1 fully saturated rings. The number of fused-ring (bicyclic) bond motifs is 6. The van der Waals surface area contributed by atoms with Crippen LogP contribution in [0.15, 0.2) is 12.1 Å². The van der Waals surface area contributed by atoms with E-state index in [0.29, 0.717) is 0 Å². The van der Waals surface area contributed by atoms with E-state index in [0.717, 1.165) is 35.3 Å². The van der Waals surface area contributed by atoms with Gasteiger partial charge >= 0.3 is 0 Å². The summed E-state index contributed by atoms with van der Waals surface area (Å²) in [6.07, 6.45) is 1.82. The van der Waals surface area contributed by atoms with E-state index in [1.54, 1.807) is 0 Å². The summed E-state index contributed by atoms with van der Waals surface area (Å²) in [5, 5.41) is 3.18. The Morgan fingerprint density at radius 3 is 2.08 bits per heavy atom. The highest BCUT2D eigenvalue weighted by Crippen LogP contribution is 2.70. The quantitative estimate of drug-likeness (QED) is 0.886. The maximum absolute atomic E-state index is 13.4. The Hall–Kier alpha value is -1.97. The molecule has 138 valence electrons. The SMILES string of the molecule is Cc1cc2nc3c(nc2cc1C)[C@]1(C(=O)NC(C)C)CC[C@@]3(C)C1(C)C. The fourth-order valence-electron chi connectivity index (χ4n) is 5.25. The Balaban J connectivity index is 2.03. The Morgan fingerprint density at radius 2 is 1.54 bits per heavy atom. The molecule has 1 aromatic carbocycles. The van der Waals surface area contributed by atoms with E-state index in [-0.39, 0.29) is 22.8 Å². The van der Waals surface area contributed by atoms with E-state index in [9.17, 15) is 4.79 Å². The first-order chi connectivity index (χ1) is 12.0. The van der Waals surface area contributed by atoms with Crippen LogP contribution in [0.25, 0.3) is 11.0 Å². The summed E-state index contributed by atoms with van der Waals surface area (Å²) >= 11 is 0. The van der Waals surface area contributed by atoms with Crippen LogP contribution in [0.3, 0.4) is 0 Å². The Bertz CT molecular complexity index is 946. The average molecular weight is 351 g/mol. The van der Waals surface area contributed by atoms with Crippen LogP contribution in [0.5, 0.6) is 0 Å². The zero-order chi connectivity index (χ0) is 19.1. The first-order valence-electron chi connectivity index (χ1n) is 9.65. The number of carbonyl (C=O) groups excluding carboxylic acids is 1. The van der Waals surface area contributed by atoms with Gasteiger partial charge in [0.2, 0.25) is 5.91 Å². The lowest BCUT2D eigenvalue weighted by atomic mass is 9.63. The number of nitrogens with one attached hydrogen (secondary N) is 1. The van der Waals surface area contributed by atoms with Gasteiger partial charge in [-0.3, -0.25) is 4.79 Å². The summed E-state index contributed by atoms with van der Waals surface area (Å²) in [4.78, 5) is 23.6. The van der Waals surface area contributed by atoms with E-state index in [1.165, 1.54) is 11.1 Å².